The van der Waals surface area contributed by atoms with Crippen LogP contribution in [0, 0.1) is 0 Å². The van der Waals surface area contributed by atoms with Gasteiger partial charge in [-0.3, -0.25) is 0 Å². The molecule has 22 heavy (non-hydrogen) atoms. The van der Waals surface area contributed by atoms with Gasteiger partial charge < -0.3 is 10.1 Å². The summed E-state index contributed by atoms with van der Waals surface area (Å²) in [6, 6.07) is 9.38. The summed E-state index contributed by atoms with van der Waals surface area (Å²) in [5.74, 6) is 0.150. The Morgan fingerprint density at radius 1 is 1.27 bits per heavy atom. The van der Waals surface area contributed by atoms with Crippen LogP contribution in [0.4, 0.5) is 5.82 Å². The standard InChI is InChI=1S/C14H16ClN3O3S/c1-10(21-2)9-16-14-12(8-13(15)17-18-14)22(19,20)11-6-4-3-5-7-11/h3-8,10H,9H2,1-2H3,(H,16,18)/t10-/m1/s1. The third kappa shape index (κ3) is 3.73. The molecule has 2 rings (SSSR count). The second-order valence-electron chi connectivity index (χ2n) is 4.62. The van der Waals surface area contributed by atoms with E-state index in [1.54, 1.807) is 25.3 Å². The zero-order valence-electron chi connectivity index (χ0n) is 12.2. The van der Waals surface area contributed by atoms with Crippen LogP contribution in [0.2, 0.25) is 5.15 Å². The molecule has 8 heteroatoms. The van der Waals surface area contributed by atoms with Crippen LogP contribution in [0.25, 0.3) is 0 Å². The Morgan fingerprint density at radius 3 is 2.59 bits per heavy atom. The predicted octanol–water partition coefficient (Wildman–Crippen LogP) is 2.41. The highest BCUT2D eigenvalue weighted by atomic mass is 35.5. The number of rotatable bonds is 6. The molecule has 2 aromatic rings. The third-order valence-corrected chi connectivity index (χ3v) is 5.00. The fourth-order valence-corrected chi connectivity index (χ4v) is 3.35. The van der Waals surface area contributed by atoms with Crippen LogP contribution in [0.1, 0.15) is 6.92 Å². The van der Waals surface area contributed by atoms with E-state index >= 15 is 0 Å². The second-order valence-corrected chi connectivity index (χ2v) is 6.93. The smallest absolute Gasteiger partial charge is 0.210 e. The van der Waals surface area contributed by atoms with Crippen molar-refractivity contribution in [2.45, 2.75) is 22.8 Å². The Bertz CT molecular complexity index is 738. The summed E-state index contributed by atoms with van der Waals surface area (Å²) in [6.07, 6.45) is -0.107. The lowest BCUT2D eigenvalue weighted by Crippen LogP contribution is -2.20. The van der Waals surface area contributed by atoms with Crippen LogP contribution in [0.15, 0.2) is 46.2 Å². The van der Waals surface area contributed by atoms with Crippen molar-refractivity contribution in [3.63, 3.8) is 0 Å². The molecule has 0 bridgehead atoms. The number of nitrogens with one attached hydrogen (secondary N) is 1. The van der Waals surface area contributed by atoms with E-state index < -0.39 is 9.84 Å². The highest BCUT2D eigenvalue weighted by Crippen LogP contribution is 2.27. The Balaban J connectivity index is 2.43. The van der Waals surface area contributed by atoms with Gasteiger partial charge in [-0.05, 0) is 19.1 Å². The van der Waals surface area contributed by atoms with Crippen LogP contribution < -0.4 is 5.32 Å². The molecule has 0 aliphatic rings. The van der Waals surface area contributed by atoms with Crippen molar-refractivity contribution in [2.24, 2.45) is 0 Å². The lowest BCUT2D eigenvalue weighted by atomic mass is 10.4. The summed E-state index contributed by atoms with van der Waals surface area (Å²) in [5, 5.41) is 10.5. The van der Waals surface area contributed by atoms with Gasteiger partial charge in [-0.1, -0.05) is 29.8 Å². The fraction of sp³-hybridized carbons (Fsp3) is 0.286. The molecule has 1 N–H and O–H groups in total. The minimum atomic E-state index is -3.74. The van der Waals surface area contributed by atoms with Crippen molar-refractivity contribution in [3.05, 3.63) is 41.6 Å². The number of sulfone groups is 1. The van der Waals surface area contributed by atoms with Crippen LogP contribution in [-0.4, -0.2) is 38.4 Å². The number of halogens is 1. The molecule has 118 valence electrons. The van der Waals surface area contributed by atoms with Crippen LogP contribution in [0.3, 0.4) is 0 Å². The maximum atomic E-state index is 12.7. The van der Waals surface area contributed by atoms with Gasteiger partial charge in [-0.2, -0.15) is 0 Å². The molecule has 0 spiro atoms. The van der Waals surface area contributed by atoms with Crippen molar-refractivity contribution in [3.8, 4) is 0 Å². The first-order valence-corrected chi connectivity index (χ1v) is 8.41. The quantitative estimate of drug-likeness (QED) is 0.869. The van der Waals surface area contributed by atoms with Gasteiger partial charge in [0.1, 0.15) is 4.90 Å². The molecule has 1 heterocycles. The zero-order chi connectivity index (χ0) is 16.2. The number of anilines is 1. The Hall–Kier alpha value is -1.70. The van der Waals surface area contributed by atoms with E-state index in [-0.39, 0.29) is 26.9 Å². The van der Waals surface area contributed by atoms with Gasteiger partial charge >= 0.3 is 0 Å². The summed E-state index contributed by atoms with van der Waals surface area (Å²) in [4.78, 5) is 0.156. The average Bonchev–Trinajstić information content (AvgIpc) is 2.54. The molecular weight excluding hydrogens is 326 g/mol. The van der Waals surface area contributed by atoms with E-state index in [2.05, 4.69) is 15.5 Å². The fourth-order valence-electron chi connectivity index (χ4n) is 1.73. The van der Waals surface area contributed by atoms with E-state index in [1.807, 2.05) is 6.92 Å². The van der Waals surface area contributed by atoms with Crippen molar-refractivity contribution in [1.82, 2.24) is 10.2 Å². The Labute approximate surface area is 134 Å². The summed E-state index contributed by atoms with van der Waals surface area (Å²) >= 11 is 5.81. The normalized spacial score (nSPS) is 12.9. The molecule has 1 aromatic carbocycles. The number of hydrogen-bond donors (Lipinski definition) is 1. The molecule has 0 aliphatic carbocycles. The summed E-state index contributed by atoms with van der Waals surface area (Å²) in [7, 11) is -2.17. The van der Waals surface area contributed by atoms with Crippen LogP contribution in [-0.2, 0) is 14.6 Å². The van der Waals surface area contributed by atoms with Crippen LogP contribution in [0.5, 0.6) is 0 Å². The molecule has 1 atom stereocenters. The summed E-state index contributed by atoms with van der Waals surface area (Å²) < 4.78 is 30.6. The number of benzene rings is 1. The number of hydrogen-bond acceptors (Lipinski definition) is 6. The van der Waals surface area contributed by atoms with E-state index in [0.29, 0.717) is 6.54 Å². The Morgan fingerprint density at radius 2 is 1.95 bits per heavy atom. The highest BCUT2D eigenvalue weighted by molar-refractivity contribution is 7.91. The third-order valence-electron chi connectivity index (χ3n) is 3.03. The molecule has 6 nitrogen and oxygen atoms in total. The number of nitrogens with zero attached hydrogens (tertiary/aromatic N) is 2. The van der Waals surface area contributed by atoms with Crippen LogP contribution >= 0.6 is 11.6 Å². The van der Waals surface area contributed by atoms with Crippen molar-refractivity contribution < 1.29 is 13.2 Å². The molecule has 0 aliphatic heterocycles. The molecule has 0 saturated carbocycles. The van der Waals surface area contributed by atoms with E-state index in [9.17, 15) is 8.42 Å². The van der Waals surface area contributed by atoms with Gasteiger partial charge in [0.25, 0.3) is 0 Å². The second kappa shape index (κ2) is 7.04. The highest BCUT2D eigenvalue weighted by Gasteiger charge is 2.23. The molecular formula is C14H16ClN3O3S. The molecule has 0 amide bonds. The number of methoxy groups -OCH3 is 1. The zero-order valence-corrected chi connectivity index (χ0v) is 13.7. The predicted molar refractivity (Wildman–Crippen MR) is 83.9 cm³/mol. The minimum Gasteiger partial charge on any atom is -0.380 e. The van der Waals surface area contributed by atoms with Gasteiger partial charge in [0, 0.05) is 19.7 Å². The van der Waals surface area contributed by atoms with Gasteiger partial charge in [-0.25, -0.2) is 8.42 Å². The molecule has 0 unspecified atom stereocenters. The first-order chi connectivity index (χ1) is 10.4. The van der Waals surface area contributed by atoms with E-state index in [4.69, 9.17) is 16.3 Å². The number of aromatic nitrogens is 2. The van der Waals surface area contributed by atoms with Gasteiger partial charge in [0.2, 0.25) is 9.84 Å². The van der Waals surface area contributed by atoms with Crippen molar-refractivity contribution in [1.29, 1.82) is 0 Å². The van der Waals surface area contributed by atoms with Gasteiger partial charge in [0.15, 0.2) is 11.0 Å². The first-order valence-electron chi connectivity index (χ1n) is 6.55. The SMILES string of the molecule is CO[C@H](C)CNc1nnc(Cl)cc1S(=O)(=O)c1ccccc1. The first kappa shape index (κ1) is 16.7. The average molecular weight is 342 g/mol. The lowest BCUT2D eigenvalue weighted by Gasteiger charge is -2.14. The largest absolute Gasteiger partial charge is 0.380 e. The Kier molecular flexibility index (Phi) is 5.33. The van der Waals surface area contributed by atoms with Gasteiger partial charge in [0.05, 0.1) is 11.0 Å². The van der Waals surface area contributed by atoms with Gasteiger partial charge in [-0.15, -0.1) is 10.2 Å². The maximum absolute atomic E-state index is 12.7. The van der Waals surface area contributed by atoms with Crippen molar-refractivity contribution in [2.75, 3.05) is 19.0 Å². The maximum Gasteiger partial charge on any atom is 0.210 e. The molecule has 0 radical (unpaired) electrons. The molecule has 0 fully saturated rings. The van der Waals surface area contributed by atoms with Crippen molar-refractivity contribution >= 4 is 27.3 Å². The lowest BCUT2D eigenvalue weighted by molar-refractivity contribution is 0.128. The minimum absolute atomic E-state index is 0.0120. The summed E-state index contributed by atoms with van der Waals surface area (Å²) in [5.41, 5.74) is 0. The van der Waals surface area contributed by atoms with E-state index in [0.717, 1.165) is 0 Å². The monoisotopic (exact) mass is 341 g/mol. The number of ether oxygens (including phenoxy) is 1. The topological polar surface area (TPSA) is 81.2 Å². The summed E-state index contributed by atoms with van der Waals surface area (Å²) in [6.45, 7) is 2.24. The van der Waals surface area contributed by atoms with E-state index in [1.165, 1.54) is 18.2 Å². The molecule has 1 aromatic heterocycles. The molecule has 0 saturated heterocycles.